The van der Waals surface area contributed by atoms with Gasteiger partial charge in [-0.05, 0) is 38.5 Å². The second-order valence-corrected chi connectivity index (χ2v) is 8.21. The van der Waals surface area contributed by atoms with Gasteiger partial charge in [0.15, 0.2) is 6.29 Å². The molecule has 1 fully saturated rings. The predicted octanol–water partition coefficient (Wildman–Crippen LogP) is 0.677. The van der Waals surface area contributed by atoms with E-state index in [1.807, 2.05) is 6.92 Å². The second-order valence-electron chi connectivity index (χ2n) is 8.21. The summed E-state index contributed by atoms with van der Waals surface area (Å²) in [6, 6.07) is 0. The molecule has 0 saturated carbocycles. The second kappa shape index (κ2) is 8.46. The first kappa shape index (κ1) is 21.5. The summed E-state index contributed by atoms with van der Waals surface area (Å²) in [6.07, 6.45) is -3.95. The molecule has 1 heterocycles. The standard InChI is InChI=1S/C19H32O7/c1-10-7-12(8-19(3,4)13(10)6-5-11(2)21)25-18-17(24)16(23)15(22)14(9-20)26-18/h12,14-18,20,22-24H,5-9H2,1-4H3/t12?,14-,15-,16+,17-,18-/m1/s1. The highest BCUT2D eigenvalue weighted by Gasteiger charge is 2.45. The van der Waals surface area contributed by atoms with Crippen LogP contribution in [0.3, 0.4) is 0 Å². The van der Waals surface area contributed by atoms with Crippen LogP contribution in [0.25, 0.3) is 0 Å². The lowest BCUT2D eigenvalue weighted by Gasteiger charge is -2.44. The van der Waals surface area contributed by atoms with Crippen LogP contribution in [-0.2, 0) is 14.3 Å². The molecule has 26 heavy (non-hydrogen) atoms. The molecule has 0 aromatic heterocycles. The van der Waals surface area contributed by atoms with Crippen molar-refractivity contribution in [3.05, 3.63) is 11.1 Å². The normalized spacial score (nSPS) is 37.7. The molecule has 0 bridgehead atoms. The van der Waals surface area contributed by atoms with Gasteiger partial charge in [-0.2, -0.15) is 0 Å². The largest absolute Gasteiger partial charge is 0.394 e. The zero-order valence-electron chi connectivity index (χ0n) is 16.0. The van der Waals surface area contributed by atoms with Gasteiger partial charge in [-0.1, -0.05) is 25.0 Å². The Labute approximate surface area is 154 Å². The van der Waals surface area contributed by atoms with E-state index in [4.69, 9.17) is 9.47 Å². The molecule has 0 radical (unpaired) electrons. The van der Waals surface area contributed by atoms with Crippen molar-refractivity contribution in [3.8, 4) is 0 Å². The van der Waals surface area contributed by atoms with Crippen molar-refractivity contribution in [1.29, 1.82) is 0 Å². The Morgan fingerprint density at radius 3 is 2.42 bits per heavy atom. The van der Waals surface area contributed by atoms with Gasteiger partial charge in [0.2, 0.25) is 0 Å². The van der Waals surface area contributed by atoms with E-state index in [1.54, 1.807) is 6.92 Å². The topological polar surface area (TPSA) is 116 Å². The van der Waals surface area contributed by atoms with Crippen molar-refractivity contribution >= 4 is 5.78 Å². The number of aliphatic hydroxyl groups is 4. The quantitative estimate of drug-likeness (QED) is 0.507. The average molecular weight is 372 g/mol. The summed E-state index contributed by atoms with van der Waals surface area (Å²) in [5.74, 6) is 0.167. The Bertz CT molecular complexity index is 540. The van der Waals surface area contributed by atoms with Gasteiger partial charge in [0, 0.05) is 6.42 Å². The Hall–Kier alpha value is -0.830. The summed E-state index contributed by atoms with van der Waals surface area (Å²) < 4.78 is 11.4. The summed E-state index contributed by atoms with van der Waals surface area (Å²) >= 11 is 0. The molecular formula is C19H32O7. The first-order valence-electron chi connectivity index (χ1n) is 9.21. The number of carbonyl (C=O) groups is 1. The van der Waals surface area contributed by atoms with E-state index >= 15 is 0 Å². The van der Waals surface area contributed by atoms with Gasteiger partial charge in [-0.3, -0.25) is 0 Å². The van der Waals surface area contributed by atoms with Crippen LogP contribution in [0.1, 0.15) is 53.4 Å². The lowest BCUT2D eigenvalue weighted by molar-refractivity contribution is -0.313. The molecule has 0 aromatic carbocycles. The Morgan fingerprint density at radius 2 is 1.88 bits per heavy atom. The molecular weight excluding hydrogens is 340 g/mol. The Kier molecular flexibility index (Phi) is 6.98. The molecule has 0 spiro atoms. The summed E-state index contributed by atoms with van der Waals surface area (Å²) in [5, 5.41) is 39.2. The molecule has 1 aliphatic heterocycles. The number of ketones is 1. The van der Waals surface area contributed by atoms with Gasteiger partial charge in [0.05, 0.1) is 12.7 Å². The summed E-state index contributed by atoms with van der Waals surface area (Å²) in [6.45, 7) is 7.36. The Balaban J connectivity index is 2.08. The van der Waals surface area contributed by atoms with Gasteiger partial charge in [0.1, 0.15) is 30.2 Å². The summed E-state index contributed by atoms with van der Waals surface area (Å²) in [4.78, 5) is 11.3. The fraction of sp³-hybridized carbons (Fsp3) is 0.842. The fourth-order valence-corrected chi connectivity index (χ4v) is 4.13. The van der Waals surface area contributed by atoms with Crippen LogP contribution in [0, 0.1) is 5.41 Å². The highest BCUT2D eigenvalue weighted by atomic mass is 16.7. The molecule has 2 rings (SSSR count). The number of hydrogen-bond donors (Lipinski definition) is 4. The minimum atomic E-state index is -1.44. The number of rotatable bonds is 6. The van der Waals surface area contributed by atoms with Gasteiger partial charge in [-0.15, -0.1) is 0 Å². The Morgan fingerprint density at radius 1 is 1.23 bits per heavy atom. The van der Waals surface area contributed by atoms with Crippen LogP contribution in [0.15, 0.2) is 11.1 Å². The summed E-state index contributed by atoms with van der Waals surface area (Å²) in [5.41, 5.74) is 2.27. The molecule has 1 unspecified atom stereocenters. The van der Waals surface area contributed by atoms with Crippen molar-refractivity contribution in [2.24, 2.45) is 5.41 Å². The molecule has 7 nitrogen and oxygen atoms in total. The van der Waals surface area contributed by atoms with Crippen molar-refractivity contribution in [2.45, 2.75) is 90.2 Å². The fourth-order valence-electron chi connectivity index (χ4n) is 4.13. The number of aliphatic hydroxyl groups excluding tert-OH is 4. The van der Waals surface area contributed by atoms with Crippen LogP contribution in [0.2, 0.25) is 0 Å². The van der Waals surface area contributed by atoms with E-state index in [0.717, 1.165) is 12.0 Å². The number of Topliss-reactive ketones (excluding diaryl/α,β-unsaturated/α-hetero) is 1. The average Bonchev–Trinajstić information content (AvgIpc) is 2.53. The monoisotopic (exact) mass is 372 g/mol. The lowest BCUT2D eigenvalue weighted by Crippen LogP contribution is -2.59. The predicted molar refractivity (Wildman–Crippen MR) is 94.3 cm³/mol. The number of ether oxygens (including phenoxy) is 2. The zero-order chi connectivity index (χ0) is 19.6. The molecule has 6 atom stereocenters. The van der Waals surface area contributed by atoms with Gasteiger partial charge >= 0.3 is 0 Å². The maximum atomic E-state index is 11.3. The van der Waals surface area contributed by atoms with Crippen molar-refractivity contribution in [3.63, 3.8) is 0 Å². The van der Waals surface area contributed by atoms with E-state index in [9.17, 15) is 25.2 Å². The first-order chi connectivity index (χ1) is 12.1. The smallest absolute Gasteiger partial charge is 0.186 e. The number of carbonyl (C=O) groups excluding carboxylic acids is 1. The van der Waals surface area contributed by atoms with Crippen molar-refractivity contribution in [2.75, 3.05) is 6.61 Å². The highest BCUT2D eigenvalue weighted by molar-refractivity contribution is 5.75. The third-order valence-corrected chi connectivity index (χ3v) is 5.51. The molecule has 1 saturated heterocycles. The third kappa shape index (κ3) is 4.71. The third-order valence-electron chi connectivity index (χ3n) is 5.51. The van der Waals surface area contributed by atoms with Crippen LogP contribution in [0.5, 0.6) is 0 Å². The molecule has 4 N–H and O–H groups in total. The van der Waals surface area contributed by atoms with E-state index in [0.29, 0.717) is 19.3 Å². The van der Waals surface area contributed by atoms with E-state index in [2.05, 4.69) is 13.8 Å². The van der Waals surface area contributed by atoms with Crippen LogP contribution < -0.4 is 0 Å². The summed E-state index contributed by atoms with van der Waals surface area (Å²) in [7, 11) is 0. The molecule has 7 heteroatoms. The maximum Gasteiger partial charge on any atom is 0.186 e. The highest BCUT2D eigenvalue weighted by Crippen LogP contribution is 2.44. The van der Waals surface area contributed by atoms with E-state index < -0.39 is 37.3 Å². The SMILES string of the molecule is CC(=O)CCC1=C(C)CC(O[C@@H]2O[C@H](CO)[C@@H](O)[C@H](O)[C@H]2O)CC1(C)C. The zero-order valence-corrected chi connectivity index (χ0v) is 16.0. The molecule has 0 aromatic rings. The molecule has 1 aliphatic carbocycles. The van der Waals surface area contributed by atoms with E-state index in [1.165, 1.54) is 5.57 Å². The van der Waals surface area contributed by atoms with Crippen LogP contribution in [0.4, 0.5) is 0 Å². The van der Waals surface area contributed by atoms with Crippen LogP contribution >= 0.6 is 0 Å². The van der Waals surface area contributed by atoms with Crippen molar-refractivity contribution < 1.29 is 34.7 Å². The van der Waals surface area contributed by atoms with Gasteiger partial charge in [0.25, 0.3) is 0 Å². The molecule has 0 amide bonds. The first-order valence-corrected chi connectivity index (χ1v) is 9.21. The molecule has 150 valence electrons. The van der Waals surface area contributed by atoms with Crippen molar-refractivity contribution in [1.82, 2.24) is 0 Å². The number of allylic oxidation sites excluding steroid dienone is 1. The number of hydrogen-bond acceptors (Lipinski definition) is 7. The van der Waals surface area contributed by atoms with Crippen LogP contribution in [-0.4, -0.2) is 69.6 Å². The van der Waals surface area contributed by atoms with E-state index in [-0.39, 0.29) is 17.3 Å². The maximum absolute atomic E-state index is 11.3. The van der Waals surface area contributed by atoms with Gasteiger partial charge in [-0.25, -0.2) is 0 Å². The minimum Gasteiger partial charge on any atom is -0.394 e. The molecule has 2 aliphatic rings. The minimum absolute atomic E-state index is 0.156. The lowest BCUT2D eigenvalue weighted by atomic mass is 9.70. The van der Waals surface area contributed by atoms with Gasteiger partial charge < -0.3 is 34.7 Å².